The zero-order chi connectivity index (χ0) is 18.4. The molecule has 0 unspecified atom stereocenters. The van der Waals surface area contributed by atoms with Gasteiger partial charge in [-0.25, -0.2) is 4.98 Å². The average Bonchev–Trinajstić information content (AvgIpc) is 2.69. The van der Waals surface area contributed by atoms with Crippen LogP contribution in [0.2, 0.25) is 0 Å². The molecule has 0 aliphatic carbocycles. The van der Waals surface area contributed by atoms with Gasteiger partial charge < -0.3 is 20.3 Å². The Morgan fingerprint density at radius 2 is 1.85 bits per heavy atom. The van der Waals surface area contributed by atoms with Crippen molar-refractivity contribution in [3.05, 3.63) is 48.2 Å². The standard InChI is InChI=1S/C20H26N4OS/c1-15(22-20(26)23-17-8-11-19(25-2)21-14-17)16-6-9-18(10-7-16)24-12-4-3-5-13-24/h6-11,14-15H,3-5,12-13H2,1-2H3,(H2,22,23,26)/t15-/m0/s1. The van der Waals surface area contributed by atoms with Gasteiger partial charge in [0, 0.05) is 24.8 Å². The highest BCUT2D eigenvalue weighted by atomic mass is 32.1. The molecule has 0 bridgehead atoms. The highest BCUT2D eigenvalue weighted by molar-refractivity contribution is 7.80. The summed E-state index contributed by atoms with van der Waals surface area (Å²) in [7, 11) is 1.60. The van der Waals surface area contributed by atoms with Crippen molar-refractivity contribution in [3.8, 4) is 5.88 Å². The number of hydrogen-bond donors (Lipinski definition) is 2. The van der Waals surface area contributed by atoms with Gasteiger partial charge in [-0.3, -0.25) is 0 Å². The molecule has 2 aromatic rings. The Labute approximate surface area is 160 Å². The van der Waals surface area contributed by atoms with Crippen molar-refractivity contribution >= 4 is 28.7 Å². The summed E-state index contributed by atoms with van der Waals surface area (Å²) in [5.74, 6) is 0.580. The fourth-order valence-corrected chi connectivity index (χ4v) is 3.44. The monoisotopic (exact) mass is 370 g/mol. The Morgan fingerprint density at radius 3 is 2.46 bits per heavy atom. The number of nitrogens with zero attached hydrogens (tertiary/aromatic N) is 2. The van der Waals surface area contributed by atoms with Crippen LogP contribution in [0, 0.1) is 0 Å². The molecule has 1 saturated heterocycles. The van der Waals surface area contributed by atoms with Crippen molar-refractivity contribution in [3.63, 3.8) is 0 Å². The Kier molecular flexibility index (Phi) is 6.28. The zero-order valence-electron chi connectivity index (χ0n) is 15.4. The molecular weight excluding hydrogens is 344 g/mol. The van der Waals surface area contributed by atoms with E-state index in [0.717, 1.165) is 18.8 Å². The second-order valence-electron chi connectivity index (χ2n) is 6.55. The molecule has 1 atom stereocenters. The lowest BCUT2D eigenvalue weighted by Gasteiger charge is -2.29. The van der Waals surface area contributed by atoms with Crippen molar-refractivity contribution in [2.45, 2.75) is 32.2 Å². The number of benzene rings is 1. The first kappa shape index (κ1) is 18.5. The smallest absolute Gasteiger partial charge is 0.213 e. The minimum absolute atomic E-state index is 0.122. The number of ether oxygens (including phenoxy) is 1. The Bertz CT molecular complexity index is 712. The number of methoxy groups -OCH3 is 1. The van der Waals surface area contributed by atoms with Crippen molar-refractivity contribution in [1.82, 2.24) is 10.3 Å². The molecule has 138 valence electrons. The summed E-state index contributed by atoms with van der Waals surface area (Å²) in [5, 5.41) is 7.04. The van der Waals surface area contributed by atoms with Crippen LogP contribution < -0.4 is 20.3 Å². The molecule has 1 aromatic carbocycles. The summed E-state index contributed by atoms with van der Waals surface area (Å²) in [6.07, 6.45) is 5.63. The Morgan fingerprint density at radius 1 is 1.12 bits per heavy atom. The molecule has 0 saturated carbocycles. The third-order valence-electron chi connectivity index (χ3n) is 4.67. The SMILES string of the molecule is COc1ccc(NC(=S)N[C@@H](C)c2ccc(N3CCCCC3)cc2)cn1. The first-order chi connectivity index (χ1) is 12.7. The fraction of sp³-hybridized carbons (Fsp3) is 0.400. The molecule has 5 nitrogen and oxygen atoms in total. The molecule has 2 N–H and O–H groups in total. The maximum atomic E-state index is 5.41. The van der Waals surface area contributed by atoms with Crippen LogP contribution in [-0.2, 0) is 0 Å². The van der Waals surface area contributed by atoms with Gasteiger partial charge in [0.05, 0.1) is 25.0 Å². The Hall–Kier alpha value is -2.34. The minimum Gasteiger partial charge on any atom is -0.481 e. The van der Waals surface area contributed by atoms with Gasteiger partial charge in [0.1, 0.15) is 0 Å². The first-order valence-electron chi connectivity index (χ1n) is 9.08. The van der Waals surface area contributed by atoms with Gasteiger partial charge in [-0.2, -0.15) is 0 Å². The number of hydrogen-bond acceptors (Lipinski definition) is 4. The number of rotatable bonds is 5. The third kappa shape index (κ3) is 4.85. The predicted molar refractivity (Wildman–Crippen MR) is 111 cm³/mol. The summed E-state index contributed by atoms with van der Waals surface area (Å²) in [6, 6.07) is 12.6. The molecule has 3 rings (SSSR count). The highest BCUT2D eigenvalue weighted by Gasteiger charge is 2.12. The van der Waals surface area contributed by atoms with Crippen LogP contribution in [0.4, 0.5) is 11.4 Å². The van der Waals surface area contributed by atoms with Gasteiger partial charge in [-0.05, 0) is 62.2 Å². The molecule has 0 spiro atoms. The maximum absolute atomic E-state index is 5.41. The number of anilines is 2. The van der Waals surface area contributed by atoms with Gasteiger partial charge in [0.25, 0.3) is 0 Å². The zero-order valence-corrected chi connectivity index (χ0v) is 16.2. The number of pyridine rings is 1. The first-order valence-corrected chi connectivity index (χ1v) is 9.49. The van der Waals surface area contributed by atoms with Crippen LogP contribution in [0.15, 0.2) is 42.6 Å². The quantitative estimate of drug-likeness (QED) is 0.772. The second kappa shape index (κ2) is 8.85. The summed E-state index contributed by atoms with van der Waals surface area (Å²) in [5.41, 5.74) is 3.35. The lowest BCUT2D eigenvalue weighted by Crippen LogP contribution is -2.31. The van der Waals surface area contributed by atoms with Crippen LogP contribution in [-0.4, -0.2) is 30.3 Å². The maximum Gasteiger partial charge on any atom is 0.213 e. The molecular formula is C20H26N4OS. The molecule has 2 heterocycles. The van der Waals surface area contributed by atoms with E-state index in [2.05, 4.69) is 51.7 Å². The van der Waals surface area contributed by atoms with E-state index < -0.39 is 0 Å². The summed E-state index contributed by atoms with van der Waals surface area (Å²) in [4.78, 5) is 6.63. The minimum atomic E-state index is 0.122. The predicted octanol–water partition coefficient (Wildman–Crippen LogP) is 4.13. The molecule has 26 heavy (non-hydrogen) atoms. The number of nitrogens with one attached hydrogen (secondary N) is 2. The summed E-state index contributed by atoms with van der Waals surface area (Å²) in [6.45, 7) is 4.43. The van der Waals surface area contributed by atoms with E-state index in [0.29, 0.717) is 11.0 Å². The van der Waals surface area contributed by atoms with E-state index in [-0.39, 0.29) is 6.04 Å². The average molecular weight is 371 g/mol. The third-order valence-corrected chi connectivity index (χ3v) is 4.89. The van der Waals surface area contributed by atoms with Crippen LogP contribution in [0.25, 0.3) is 0 Å². The molecule has 0 radical (unpaired) electrons. The topological polar surface area (TPSA) is 49.4 Å². The number of thiocarbonyl (C=S) groups is 1. The van der Waals surface area contributed by atoms with E-state index >= 15 is 0 Å². The van der Waals surface area contributed by atoms with Crippen molar-refractivity contribution in [2.24, 2.45) is 0 Å². The van der Waals surface area contributed by atoms with E-state index in [9.17, 15) is 0 Å². The largest absolute Gasteiger partial charge is 0.481 e. The van der Waals surface area contributed by atoms with E-state index in [1.807, 2.05) is 6.07 Å². The Balaban J connectivity index is 1.54. The summed E-state index contributed by atoms with van der Waals surface area (Å²) >= 11 is 5.41. The molecule has 6 heteroatoms. The van der Waals surface area contributed by atoms with Crippen LogP contribution >= 0.6 is 12.2 Å². The normalized spacial score (nSPS) is 15.2. The van der Waals surface area contributed by atoms with Gasteiger partial charge >= 0.3 is 0 Å². The molecule has 0 amide bonds. The molecule has 1 aromatic heterocycles. The van der Waals surface area contributed by atoms with Crippen LogP contribution in [0.1, 0.15) is 37.8 Å². The lowest BCUT2D eigenvalue weighted by molar-refractivity contribution is 0.398. The van der Waals surface area contributed by atoms with Gasteiger partial charge in [0.2, 0.25) is 5.88 Å². The van der Waals surface area contributed by atoms with E-state index in [4.69, 9.17) is 17.0 Å². The van der Waals surface area contributed by atoms with Crippen molar-refractivity contribution in [1.29, 1.82) is 0 Å². The van der Waals surface area contributed by atoms with Gasteiger partial charge in [-0.15, -0.1) is 0 Å². The van der Waals surface area contributed by atoms with Crippen LogP contribution in [0.5, 0.6) is 5.88 Å². The molecule has 1 aliphatic heterocycles. The van der Waals surface area contributed by atoms with E-state index in [1.165, 1.54) is 30.5 Å². The van der Waals surface area contributed by atoms with Gasteiger partial charge in [-0.1, -0.05) is 12.1 Å². The van der Waals surface area contributed by atoms with Crippen molar-refractivity contribution < 1.29 is 4.74 Å². The molecule has 1 fully saturated rings. The van der Waals surface area contributed by atoms with Gasteiger partial charge in [0.15, 0.2) is 5.11 Å². The second-order valence-corrected chi connectivity index (χ2v) is 6.96. The number of aromatic nitrogens is 1. The number of piperidine rings is 1. The van der Waals surface area contributed by atoms with E-state index in [1.54, 1.807) is 19.4 Å². The van der Waals surface area contributed by atoms with Crippen LogP contribution in [0.3, 0.4) is 0 Å². The lowest BCUT2D eigenvalue weighted by atomic mass is 10.1. The molecule has 1 aliphatic rings. The van der Waals surface area contributed by atoms with Crippen molar-refractivity contribution in [2.75, 3.05) is 30.4 Å². The highest BCUT2D eigenvalue weighted by Crippen LogP contribution is 2.22. The summed E-state index contributed by atoms with van der Waals surface area (Å²) < 4.78 is 5.06. The fourth-order valence-electron chi connectivity index (χ4n) is 3.15.